The van der Waals surface area contributed by atoms with Crippen LogP contribution in [0.3, 0.4) is 0 Å². The van der Waals surface area contributed by atoms with E-state index in [1.165, 1.54) is 5.56 Å². The summed E-state index contributed by atoms with van der Waals surface area (Å²) in [5, 5.41) is 0.558. The lowest BCUT2D eigenvalue weighted by atomic mass is 10.2. The first-order valence-electron chi connectivity index (χ1n) is 6.47. The Balaban J connectivity index is 2.99. The molecule has 0 amide bonds. The van der Waals surface area contributed by atoms with E-state index in [4.69, 9.17) is 8.85 Å². The number of rotatable bonds is 6. The van der Waals surface area contributed by atoms with Gasteiger partial charge in [0.2, 0.25) is 0 Å². The molecule has 0 saturated carbocycles. The molecular formula is C14H26O2Si2. The van der Waals surface area contributed by atoms with E-state index >= 15 is 0 Å². The van der Waals surface area contributed by atoms with Gasteiger partial charge < -0.3 is 8.85 Å². The summed E-state index contributed by atoms with van der Waals surface area (Å²) in [7, 11) is 0.285. The van der Waals surface area contributed by atoms with Crippen molar-refractivity contribution in [2.24, 2.45) is 0 Å². The molecule has 0 aromatic heterocycles. The first kappa shape index (κ1) is 15.6. The van der Waals surface area contributed by atoms with E-state index < -0.39 is 16.6 Å². The Morgan fingerprint density at radius 2 is 1.33 bits per heavy atom. The van der Waals surface area contributed by atoms with Gasteiger partial charge in [-0.2, -0.15) is 0 Å². The average molecular weight is 283 g/mol. The third kappa shape index (κ3) is 3.78. The average Bonchev–Trinajstić information content (AvgIpc) is 2.37. The molecule has 0 saturated heterocycles. The molecule has 0 radical (unpaired) electrons. The number of hydrogen-bond acceptors (Lipinski definition) is 2. The van der Waals surface area contributed by atoms with Crippen molar-refractivity contribution >= 4 is 16.6 Å². The summed E-state index contributed by atoms with van der Waals surface area (Å²) in [6, 6.07) is 10.7. The molecule has 0 aliphatic heterocycles. The highest BCUT2D eigenvalue weighted by Gasteiger charge is 2.45. The molecule has 0 aliphatic carbocycles. The number of benzene rings is 1. The van der Waals surface area contributed by atoms with Gasteiger partial charge in [0.1, 0.15) is 0 Å². The summed E-state index contributed by atoms with van der Waals surface area (Å²) in [6.07, 6.45) is 1.07. The molecule has 0 atom stereocenters. The van der Waals surface area contributed by atoms with Gasteiger partial charge in [-0.15, -0.1) is 0 Å². The molecule has 4 heteroatoms. The topological polar surface area (TPSA) is 18.5 Å². The van der Waals surface area contributed by atoms with Crippen LogP contribution < -0.4 is 0 Å². The standard InChI is InChI=1S/C14H26O2Si2/c1-15-17(3,4)14(18(5,6)16-2)12-13-10-8-7-9-11-13/h7-11,14H,12H2,1-6H3. The van der Waals surface area contributed by atoms with E-state index in [-0.39, 0.29) is 0 Å². The van der Waals surface area contributed by atoms with Crippen molar-refractivity contribution in [1.29, 1.82) is 0 Å². The van der Waals surface area contributed by atoms with E-state index in [2.05, 4.69) is 56.5 Å². The predicted molar refractivity (Wildman–Crippen MR) is 82.9 cm³/mol. The highest BCUT2D eigenvalue weighted by molar-refractivity contribution is 6.91. The maximum Gasteiger partial charge on any atom is 0.189 e. The monoisotopic (exact) mass is 282 g/mol. The molecule has 0 heterocycles. The van der Waals surface area contributed by atoms with Gasteiger partial charge in [-0.1, -0.05) is 30.3 Å². The van der Waals surface area contributed by atoms with Crippen molar-refractivity contribution in [3.8, 4) is 0 Å². The largest absolute Gasteiger partial charge is 0.420 e. The second-order valence-electron chi connectivity index (χ2n) is 5.86. The quantitative estimate of drug-likeness (QED) is 0.738. The molecule has 0 N–H and O–H groups in total. The lowest BCUT2D eigenvalue weighted by Gasteiger charge is -2.39. The SMILES string of the molecule is CO[Si](C)(C)C(Cc1ccccc1)[Si](C)(C)OC. The maximum absolute atomic E-state index is 5.85. The molecular weight excluding hydrogens is 256 g/mol. The normalized spacial score (nSPS) is 13.1. The Morgan fingerprint density at radius 3 is 1.72 bits per heavy atom. The lowest BCUT2D eigenvalue weighted by molar-refractivity contribution is 0.371. The van der Waals surface area contributed by atoms with Crippen molar-refractivity contribution in [3.63, 3.8) is 0 Å². The van der Waals surface area contributed by atoms with Gasteiger partial charge in [-0.3, -0.25) is 0 Å². The second-order valence-corrected chi connectivity index (χ2v) is 15.1. The first-order chi connectivity index (χ1) is 8.33. The van der Waals surface area contributed by atoms with Crippen LogP contribution in [-0.2, 0) is 15.3 Å². The molecule has 102 valence electrons. The van der Waals surface area contributed by atoms with E-state index in [0.29, 0.717) is 5.16 Å². The van der Waals surface area contributed by atoms with Crippen LogP contribution in [0.4, 0.5) is 0 Å². The molecule has 18 heavy (non-hydrogen) atoms. The molecule has 0 aliphatic rings. The highest BCUT2D eigenvalue weighted by Crippen LogP contribution is 2.35. The molecule has 0 spiro atoms. The minimum Gasteiger partial charge on any atom is -0.420 e. The Labute approximate surface area is 114 Å². The fourth-order valence-corrected chi connectivity index (χ4v) is 11.9. The summed E-state index contributed by atoms with van der Waals surface area (Å²) < 4.78 is 11.7. The van der Waals surface area contributed by atoms with E-state index in [1.807, 2.05) is 14.2 Å². The predicted octanol–water partition coefficient (Wildman–Crippen LogP) is 3.84. The van der Waals surface area contributed by atoms with Crippen molar-refractivity contribution in [2.45, 2.75) is 37.8 Å². The van der Waals surface area contributed by atoms with Crippen LogP contribution in [0.5, 0.6) is 0 Å². The summed E-state index contributed by atoms with van der Waals surface area (Å²) in [5.41, 5.74) is 1.39. The van der Waals surface area contributed by atoms with Crippen molar-refractivity contribution in [2.75, 3.05) is 14.2 Å². The third-order valence-electron chi connectivity index (χ3n) is 4.01. The molecule has 0 bridgehead atoms. The molecule has 0 fully saturated rings. The maximum atomic E-state index is 5.85. The van der Waals surface area contributed by atoms with Gasteiger partial charge in [-0.25, -0.2) is 0 Å². The Bertz CT molecular complexity index is 347. The summed E-state index contributed by atoms with van der Waals surface area (Å²) in [4.78, 5) is 0. The summed E-state index contributed by atoms with van der Waals surface area (Å²) in [5.74, 6) is 0. The fourth-order valence-electron chi connectivity index (χ4n) is 2.46. The number of hydrogen-bond donors (Lipinski definition) is 0. The van der Waals surface area contributed by atoms with E-state index in [0.717, 1.165) is 6.42 Å². The van der Waals surface area contributed by atoms with Crippen LogP contribution in [0.1, 0.15) is 5.56 Å². The molecule has 0 unspecified atom stereocenters. The van der Waals surface area contributed by atoms with Crippen molar-refractivity contribution in [1.82, 2.24) is 0 Å². The van der Waals surface area contributed by atoms with Gasteiger partial charge in [0, 0.05) is 19.4 Å². The molecule has 1 aromatic rings. The fraction of sp³-hybridized carbons (Fsp3) is 0.571. The minimum absolute atomic E-state index is 0.558. The van der Waals surface area contributed by atoms with Crippen molar-refractivity contribution < 1.29 is 8.85 Å². The molecule has 1 rings (SSSR count). The van der Waals surface area contributed by atoms with Crippen LogP contribution in [-0.4, -0.2) is 30.9 Å². The second kappa shape index (κ2) is 6.15. The summed E-state index contributed by atoms with van der Waals surface area (Å²) >= 11 is 0. The van der Waals surface area contributed by atoms with E-state index in [1.54, 1.807) is 0 Å². The van der Waals surface area contributed by atoms with Gasteiger partial charge >= 0.3 is 0 Å². The van der Waals surface area contributed by atoms with Crippen LogP contribution in [0.25, 0.3) is 0 Å². The Morgan fingerprint density at radius 1 is 0.889 bits per heavy atom. The van der Waals surface area contributed by atoms with Gasteiger partial charge in [0.05, 0.1) is 0 Å². The Kier molecular flexibility index (Phi) is 5.34. The van der Waals surface area contributed by atoms with Gasteiger partial charge in [0.15, 0.2) is 16.6 Å². The molecule has 2 nitrogen and oxygen atoms in total. The van der Waals surface area contributed by atoms with Crippen LogP contribution in [0, 0.1) is 0 Å². The van der Waals surface area contributed by atoms with Crippen LogP contribution >= 0.6 is 0 Å². The van der Waals surface area contributed by atoms with Gasteiger partial charge in [-0.05, 0) is 38.2 Å². The van der Waals surface area contributed by atoms with E-state index in [9.17, 15) is 0 Å². The minimum atomic E-state index is -1.71. The summed E-state index contributed by atoms with van der Waals surface area (Å²) in [6.45, 7) is 9.20. The van der Waals surface area contributed by atoms with Crippen LogP contribution in [0.2, 0.25) is 31.4 Å². The zero-order chi connectivity index (χ0) is 13.8. The molecule has 1 aromatic carbocycles. The van der Waals surface area contributed by atoms with Gasteiger partial charge in [0.25, 0.3) is 0 Å². The zero-order valence-electron chi connectivity index (χ0n) is 12.5. The highest BCUT2D eigenvalue weighted by atomic mass is 28.4. The van der Waals surface area contributed by atoms with Crippen LogP contribution in [0.15, 0.2) is 30.3 Å². The first-order valence-corrected chi connectivity index (χ1v) is 12.4. The zero-order valence-corrected chi connectivity index (χ0v) is 14.5. The Hall–Kier alpha value is -0.426. The van der Waals surface area contributed by atoms with Crippen molar-refractivity contribution in [3.05, 3.63) is 35.9 Å². The lowest BCUT2D eigenvalue weighted by Crippen LogP contribution is -2.51. The smallest absolute Gasteiger partial charge is 0.189 e. The third-order valence-corrected chi connectivity index (χ3v) is 14.1.